The molecule has 2 aliphatic heterocycles. The van der Waals surface area contributed by atoms with E-state index < -0.39 is 6.61 Å². The highest BCUT2D eigenvalue weighted by atomic mass is 16.7. The van der Waals surface area contributed by atoms with Gasteiger partial charge in [0.25, 0.3) is 5.56 Å². The lowest BCUT2D eigenvalue weighted by molar-refractivity contribution is 0.0369. The first kappa shape index (κ1) is 21.2. The van der Waals surface area contributed by atoms with E-state index in [1.165, 1.54) is 12.1 Å². The van der Waals surface area contributed by atoms with E-state index in [9.17, 15) is 19.8 Å². The number of rotatable bonds is 5. The Bertz CT molecular complexity index is 1390. The molecule has 0 unspecified atom stereocenters. The van der Waals surface area contributed by atoms with Gasteiger partial charge < -0.3 is 29.0 Å². The van der Waals surface area contributed by atoms with Gasteiger partial charge >= 0.3 is 0 Å². The Morgan fingerprint density at radius 1 is 0.912 bits per heavy atom. The van der Waals surface area contributed by atoms with Crippen LogP contribution in [0.25, 0.3) is 22.0 Å². The van der Waals surface area contributed by atoms with Crippen molar-refractivity contribution >= 4 is 16.6 Å². The lowest BCUT2D eigenvalue weighted by atomic mass is 10.00. The van der Waals surface area contributed by atoms with Crippen molar-refractivity contribution in [2.24, 2.45) is 0 Å². The van der Waals surface area contributed by atoms with Crippen LogP contribution in [0, 0.1) is 0 Å². The fourth-order valence-corrected chi connectivity index (χ4v) is 5.11. The Kier molecular flexibility index (Phi) is 5.05. The Hall–Kier alpha value is -3.40. The van der Waals surface area contributed by atoms with Crippen molar-refractivity contribution in [3.05, 3.63) is 51.3 Å². The molecule has 1 aromatic heterocycles. The number of hydrogen-bond acceptors (Lipinski definition) is 8. The summed E-state index contributed by atoms with van der Waals surface area (Å²) in [5.74, 6) is 0.645. The van der Waals surface area contributed by atoms with E-state index in [2.05, 4.69) is 4.90 Å². The number of aliphatic hydroxyl groups is 1. The number of ether oxygens (including phenoxy) is 3. The first-order valence-electron chi connectivity index (χ1n) is 11.4. The highest BCUT2D eigenvalue weighted by molar-refractivity contribution is 6.27. The molecule has 2 aromatic carbocycles. The molecule has 0 spiro atoms. The van der Waals surface area contributed by atoms with E-state index in [1.54, 1.807) is 16.7 Å². The predicted molar refractivity (Wildman–Crippen MR) is 123 cm³/mol. The highest BCUT2D eigenvalue weighted by Gasteiger charge is 2.35. The Morgan fingerprint density at radius 2 is 1.65 bits per heavy atom. The summed E-state index contributed by atoms with van der Waals surface area (Å²) in [6.07, 6.45) is 0.719. The van der Waals surface area contributed by atoms with Crippen molar-refractivity contribution in [3.8, 4) is 28.5 Å². The quantitative estimate of drug-likeness (QED) is 0.461. The van der Waals surface area contributed by atoms with Gasteiger partial charge in [0.05, 0.1) is 31.1 Å². The summed E-state index contributed by atoms with van der Waals surface area (Å²) in [4.78, 5) is 29.6. The fraction of sp³-hybridized carbons (Fsp3) is 0.360. The molecule has 0 radical (unpaired) electrons. The van der Waals surface area contributed by atoms with E-state index in [-0.39, 0.29) is 29.4 Å². The van der Waals surface area contributed by atoms with Crippen LogP contribution >= 0.6 is 0 Å². The number of phenols is 1. The first-order valence-corrected chi connectivity index (χ1v) is 11.4. The van der Waals surface area contributed by atoms with Gasteiger partial charge in [-0.3, -0.25) is 14.5 Å². The van der Waals surface area contributed by atoms with Crippen LogP contribution in [0.4, 0.5) is 0 Å². The van der Waals surface area contributed by atoms with Gasteiger partial charge in [-0.05, 0) is 30.7 Å². The van der Waals surface area contributed by atoms with Crippen molar-refractivity contribution in [3.63, 3.8) is 0 Å². The maximum absolute atomic E-state index is 13.7. The molecule has 6 rings (SSSR count). The smallest absolute Gasteiger partial charge is 0.258 e. The zero-order valence-electron chi connectivity index (χ0n) is 18.5. The van der Waals surface area contributed by atoms with Crippen LogP contribution < -0.4 is 15.0 Å². The molecule has 0 atom stereocenters. The number of aromatic nitrogens is 1. The standard InChI is InChI=1S/C25H24N2O7/c28-12-14-8-18-15(9-19(14)29)22-23(16-10-20-21(34-13-33-20)11-17(16)24(22)30)27(25(18)31)3-1-2-26-4-6-32-7-5-26/h8-11,28-29H,1-7,12-13H2. The second-order valence-electron chi connectivity index (χ2n) is 8.75. The third-order valence-corrected chi connectivity index (χ3v) is 6.84. The summed E-state index contributed by atoms with van der Waals surface area (Å²) < 4.78 is 18.1. The molecule has 0 bridgehead atoms. The van der Waals surface area contributed by atoms with E-state index in [0.29, 0.717) is 64.4 Å². The number of fused-ring (bicyclic) bond motifs is 6. The summed E-state index contributed by atoms with van der Waals surface area (Å²) in [6.45, 7) is 4.02. The molecule has 9 nitrogen and oxygen atoms in total. The maximum Gasteiger partial charge on any atom is 0.258 e. The van der Waals surface area contributed by atoms with Crippen LogP contribution in [-0.2, 0) is 17.9 Å². The molecule has 176 valence electrons. The molecule has 1 aliphatic carbocycles. The molecule has 1 fully saturated rings. The van der Waals surface area contributed by atoms with Gasteiger partial charge in [0.1, 0.15) is 5.75 Å². The van der Waals surface area contributed by atoms with E-state index in [4.69, 9.17) is 14.2 Å². The number of benzene rings is 2. The second kappa shape index (κ2) is 8.12. The largest absolute Gasteiger partial charge is 0.508 e. The molecular weight excluding hydrogens is 440 g/mol. The van der Waals surface area contributed by atoms with Gasteiger partial charge in [0, 0.05) is 53.6 Å². The minimum absolute atomic E-state index is 0.0845. The Balaban J connectivity index is 1.52. The highest BCUT2D eigenvalue weighted by Crippen LogP contribution is 2.46. The van der Waals surface area contributed by atoms with Gasteiger partial charge in [-0.1, -0.05) is 0 Å². The number of morpholine rings is 1. The number of pyridine rings is 1. The minimum Gasteiger partial charge on any atom is -0.508 e. The first-order chi connectivity index (χ1) is 16.6. The van der Waals surface area contributed by atoms with E-state index in [1.807, 2.05) is 0 Å². The predicted octanol–water partition coefficient (Wildman–Crippen LogP) is 1.86. The fourth-order valence-electron chi connectivity index (χ4n) is 5.11. The number of aliphatic hydroxyl groups excluding tert-OH is 1. The lowest BCUT2D eigenvalue weighted by Gasteiger charge is -2.26. The normalized spacial score (nSPS) is 16.8. The average molecular weight is 464 g/mol. The third-order valence-electron chi connectivity index (χ3n) is 6.84. The van der Waals surface area contributed by atoms with Gasteiger partial charge in [-0.25, -0.2) is 0 Å². The van der Waals surface area contributed by atoms with Crippen molar-refractivity contribution < 1.29 is 29.2 Å². The van der Waals surface area contributed by atoms with E-state index in [0.717, 1.165) is 26.1 Å². The van der Waals surface area contributed by atoms with E-state index >= 15 is 0 Å². The maximum atomic E-state index is 13.7. The number of carbonyl (C=O) groups excluding carboxylic acids is 1. The number of hydrogen-bond donors (Lipinski definition) is 2. The van der Waals surface area contributed by atoms with Gasteiger partial charge in [0.2, 0.25) is 6.79 Å². The van der Waals surface area contributed by atoms with Crippen LogP contribution in [-0.4, -0.2) is 65.1 Å². The molecule has 1 saturated heterocycles. The average Bonchev–Trinajstić information content (AvgIpc) is 3.42. The number of nitrogens with zero attached hydrogens (tertiary/aromatic N) is 2. The SMILES string of the molecule is O=C1c2cc3c(cc2-c2c1c1cc(O)c(CO)cc1c(=O)n2CCCN1CCOCC1)OCO3. The molecule has 3 aliphatic rings. The summed E-state index contributed by atoms with van der Waals surface area (Å²) in [7, 11) is 0. The van der Waals surface area contributed by atoms with Gasteiger partial charge in [-0.15, -0.1) is 0 Å². The number of carbonyl (C=O) groups is 1. The second-order valence-corrected chi connectivity index (χ2v) is 8.75. The zero-order valence-corrected chi connectivity index (χ0v) is 18.5. The summed E-state index contributed by atoms with van der Waals surface area (Å²) in [6, 6.07) is 6.31. The zero-order chi connectivity index (χ0) is 23.4. The molecule has 0 saturated carbocycles. The minimum atomic E-state index is -0.412. The van der Waals surface area contributed by atoms with Crippen molar-refractivity contribution in [1.82, 2.24) is 9.47 Å². The van der Waals surface area contributed by atoms with Gasteiger partial charge in [0.15, 0.2) is 17.3 Å². The van der Waals surface area contributed by atoms with Crippen molar-refractivity contribution in [2.75, 3.05) is 39.6 Å². The topological polar surface area (TPSA) is 110 Å². The Morgan fingerprint density at radius 3 is 2.38 bits per heavy atom. The van der Waals surface area contributed by atoms with Crippen LogP contribution in [0.5, 0.6) is 17.2 Å². The Labute approximate surface area is 194 Å². The molecule has 3 aromatic rings. The summed E-state index contributed by atoms with van der Waals surface area (Å²) in [5, 5.41) is 20.7. The van der Waals surface area contributed by atoms with Crippen LogP contribution in [0.15, 0.2) is 29.1 Å². The molecule has 2 N–H and O–H groups in total. The number of ketones is 1. The van der Waals surface area contributed by atoms with Crippen molar-refractivity contribution in [1.29, 1.82) is 0 Å². The van der Waals surface area contributed by atoms with Gasteiger partial charge in [-0.2, -0.15) is 0 Å². The molecule has 3 heterocycles. The number of aromatic hydroxyl groups is 1. The van der Waals surface area contributed by atoms with Crippen LogP contribution in [0.1, 0.15) is 27.9 Å². The molecule has 9 heteroatoms. The summed E-state index contributed by atoms with van der Waals surface area (Å²) >= 11 is 0. The van der Waals surface area contributed by atoms with Crippen LogP contribution in [0.2, 0.25) is 0 Å². The summed E-state index contributed by atoms with van der Waals surface area (Å²) in [5.41, 5.74) is 1.96. The molecular formula is C25H24N2O7. The monoisotopic (exact) mass is 464 g/mol. The van der Waals surface area contributed by atoms with Crippen LogP contribution in [0.3, 0.4) is 0 Å². The van der Waals surface area contributed by atoms with Crippen molar-refractivity contribution in [2.45, 2.75) is 19.6 Å². The third kappa shape index (κ3) is 3.19. The lowest BCUT2D eigenvalue weighted by Crippen LogP contribution is -2.37. The molecule has 34 heavy (non-hydrogen) atoms. The molecule has 0 amide bonds.